The topological polar surface area (TPSA) is 38.1 Å². The van der Waals surface area contributed by atoms with E-state index in [1.807, 2.05) is 11.2 Å². The molecule has 0 aromatic carbocycles. The van der Waals surface area contributed by atoms with Crippen LogP contribution < -0.4 is 5.01 Å². The molecule has 4 heteroatoms. The predicted octanol–water partition coefficient (Wildman–Crippen LogP) is 1.70. The van der Waals surface area contributed by atoms with E-state index in [1.54, 1.807) is 24.1 Å². The van der Waals surface area contributed by atoms with Gasteiger partial charge in [-0.25, -0.2) is 14.7 Å². The minimum absolute atomic E-state index is 0.0971. The summed E-state index contributed by atoms with van der Waals surface area (Å²) in [5.74, 6) is 0.0971. The Kier molecular flexibility index (Phi) is 3.04. The Morgan fingerprint density at radius 2 is 2.13 bits per heavy atom. The third-order valence-corrected chi connectivity index (χ3v) is 2.98. The highest BCUT2D eigenvalue weighted by molar-refractivity contribution is 5.84. The van der Waals surface area contributed by atoms with Gasteiger partial charge in [0, 0.05) is 19.3 Å². The van der Waals surface area contributed by atoms with Crippen molar-refractivity contribution in [3.63, 3.8) is 0 Å². The van der Waals surface area contributed by atoms with Gasteiger partial charge < -0.3 is 0 Å². The van der Waals surface area contributed by atoms with Crippen molar-refractivity contribution in [2.45, 2.75) is 45.1 Å². The van der Waals surface area contributed by atoms with Crippen LogP contribution in [-0.4, -0.2) is 21.6 Å². The molecule has 0 unspecified atom stereocenters. The molecule has 1 aliphatic rings. The molecule has 4 nitrogen and oxygen atoms in total. The van der Waals surface area contributed by atoms with Gasteiger partial charge in [0.25, 0.3) is 0 Å². The molecule has 15 heavy (non-hydrogen) atoms. The molecule has 0 saturated heterocycles. The van der Waals surface area contributed by atoms with Crippen LogP contribution in [-0.2, 0) is 4.79 Å². The van der Waals surface area contributed by atoms with Gasteiger partial charge in [-0.05, 0) is 12.8 Å². The highest BCUT2D eigenvalue weighted by Crippen LogP contribution is 2.21. The van der Waals surface area contributed by atoms with Gasteiger partial charge in [-0.1, -0.05) is 19.3 Å². The third kappa shape index (κ3) is 2.19. The van der Waals surface area contributed by atoms with Gasteiger partial charge in [-0.3, -0.25) is 4.79 Å². The molecular weight excluding hydrogens is 190 g/mol. The maximum absolute atomic E-state index is 11.6. The molecule has 0 spiro atoms. The van der Waals surface area contributed by atoms with Crippen molar-refractivity contribution in [2.75, 3.05) is 5.01 Å². The fraction of sp³-hybridized carbons (Fsp3) is 0.636. The van der Waals surface area contributed by atoms with Gasteiger partial charge in [-0.2, -0.15) is 0 Å². The second kappa shape index (κ2) is 4.47. The van der Waals surface area contributed by atoms with E-state index in [1.165, 1.54) is 19.3 Å². The smallest absolute Gasteiger partial charge is 0.238 e. The SMILES string of the molecule is CC(=O)N(C1CCCCC1)n1ccnc1. The predicted molar refractivity (Wildman–Crippen MR) is 58.0 cm³/mol. The largest absolute Gasteiger partial charge is 0.273 e. The second-order valence-corrected chi connectivity index (χ2v) is 4.10. The van der Waals surface area contributed by atoms with Gasteiger partial charge in [0.1, 0.15) is 6.33 Å². The zero-order valence-electron chi connectivity index (χ0n) is 9.09. The zero-order valence-corrected chi connectivity index (χ0v) is 9.09. The van der Waals surface area contributed by atoms with Crippen LogP contribution in [0.2, 0.25) is 0 Å². The molecule has 2 rings (SSSR count). The molecule has 1 aromatic rings. The average molecular weight is 207 g/mol. The lowest BCUT2D eigenvalue weighted by atomic mass is 9.95. The minimum atomic E-state index is 0.0971. The standard InChI is InChI=1S/C11H17N3O/c1-10(15)14(13-8-7-12-9-13)11-5-3-2-4-6-11/h7-9,11H,2-6H2,1H3. The molecule has 1 aliphatic carbocycles. The lowest BCUT2D eigenvalue weighted by molar-refractivity contribution is -0.118. The molecule has 1 aromatic heterocycles. The number of carbonyl (C=O) groups excluding carboxylic acids is 1. The summed E-state index contributed by atoms with van der Waals surface area (Å²) in [6, 6.07) is 0.352. The van der Waals surface area contributed by atoms with E-state index in [2.05, 4.69) is 4.98 Å². The van der Waals surface area contributed by atoms with Crippen LogP contribution in [0.4, 0.5) is 0 Å². The van der Waals surface area contributed by atoms with Gasteiger partial charge in [0.15, 0.2) is 0 Å². The highest BCUT2D eigenvalue weighted by Gasteiger charge is 2.24. The molecule has 0 bridgehead atoms. The van der Waals surface area contributed by atoms with Crippen molar-refractivity contribution in [1.82, 2.24) is 9.66 Å². The van der Waals surface area contributed by atoms with Crippen molar-refractivity contribution < 1.29 is 4.79 Å². The van der Waals surface area contributed by atoms with Crippen molar-refractivity contribution >= 4 is 5.91 Å². The van der Waals surface area contributed by atoms with Gasteiger partial charge in [-0.15, -0.1) is 0 Å². The monoisotopic (exact) mass is 207 g/mol. The van der Waals surface area contributed by atoms with Crippen molar-refractivity contribution in [3.05, 3.63) is 18.7 Å². The van der Waals surface area contributed by atoms with E-state index >= 15 is 0 Å². The molecule has 1 saturated carbocycles. The third-order valence-electron chi connectivity index (χ3n) is 2.98. The van der Waals surface area contributed by atoms with E-state index in [0.717, 1.165) is 12.8 Å². The van der Waals surface area contributed by atoms with Crippen LogP contribution >= 0.6 is 0 Å². The Morgan fingerprint density at radius 3 is 2.67 bits per heavy atom. The molecular formula is C11H17N3O. The van der Waals surface area contributed by atoms with E-state index in [0.29, 0.717) is 6.04 Å². The van der Waals surface area contributed by atoms with Crippen LogP contribution in [0.15, 0.2) is 18.7 Å². The molecule has 1 amide bonds. The summed E-state index contributed by atoms with van der Waals surface area (Å²) in [6.07, 6.45) is 11.2. The second-order valence-electron chi connectivity index (χ2n) is 4.10. The number of hydrogen-bond donors (Lipinski definition) is 0. The van der Waals surface area contributed by atoms with Crippen LogP contribution in [0.1, 0.15) is 39.0 Å². The van der Waals surface area contributed by atoms with Crippen LogP contribution in [0, 0.1) is 0 Å². The summed E-state index contributed by atoms with van der Waals surface area (Å²) >= 11 is 0. The normalized spacial score (nSPS) is 17.7. The van der Waals surface area contributed by atoms with Gasteiger partial charge in [0.05, 0.1) is 6.04 Å². The Hall–Kier alpha value is -1.32. The summed E-state index contributed by atoms with van der Waals surface area (Å²) in [4.78, 5) is 15.6. The number of amides is 1. The summed E-state index contributed by atoms with van der Waals surface area (Å²) in [6.45, 7) is 1.62. The first-order valence-corrected chi connectivity index (χ1v) is 5.57. The molecule has 0 N–H and O–H groups in total. The van der Waals surface area contributed by atoms with Crippen LogP contribution in [0.3, 0.4) is 0 Å². The summed E-state index contributed by atoms with van der Waals surface area (Å²) in [5, 5.41) is 1.83. The first-order valence-electron chi connectivity index (χ1n) is 5.57. The molecule has 0 radical (unpaired) electrons. The van der Waals surface area contributed by atoms with Crippen molar-refractivity contribution in [1.29, 1.82) is 0 Å². The minimum Gasteiger partial charge on any atom is -0.273 e. The Labute approximate surface area is 89.9 Å². The lowest BCUT2D eigenvalue weighted by Crippen LogP contribution is -2.47. The summed E-state index contributed by atoms with van der Waals surface area (Å²) in [7, 11) is 0. The van der Waals surface area contributed by atoms with E-state index in [9.17, 15) is 4.79 Å². The van der Waals surface area contributed by atoms with E-state index in [4.69, 9.17) is 0 Å². The zero-order chi connectivity index (χ0) is 10.7. The highest BCUT2D eigenvalue weighted by atomic mass is 16.2. The number of aromatic nitrogens is 2. The molecule has 82 valence electrons. The fourth-order valence-corrected chi connectivity index (χ4v) is 2.31. The Morgan fingerprint density at radius 1 is 1.40 bits per heavy atom. The quantitative estimate of drug-likeness (QED) is 0.740. The van der Waals surface area contributed by atoms with Gasteiger partial charge >= 0.3 is 0 Å². The molecule has 1 fully saturated rings. The van der Waals surface area contributed by atoms with Crippen LogP contribution in [0.5, 0.6) is 0 Å². The van der Waals surface area contributed by atoms with Gasteiger partial charge in [0.2, 0.25) is 5.91 Å². The number of carbonyl (C=O) groups is 1. The first kappa shape index (κ1) is 10.2. The Bertz CT molecular complexity index is 315. The van der Waals surface area contributed by atoms with E-state index in [-0.39, 0.29) is 5.91 Å². The lowest BCUT2D eigenvalue weighted by Gasteiger charge is -2.33. The molecule has 0 atom stereocenters. The summed E-state index contributed by atoms with van der Waals surface area (Å²) < 4.78 is 1.80. The van der Waals surface area contributed by atoms with E-state index < -0.39 is 0 Å². The average Bonchev–Trinajstić information content (AvgIpc) is 2.72. The Balaban J connectivity index is 2.15. The number of imidazole rings is 1. The first-order chi connectivity index (χ1) is 7.29. The fourth-order valence-electron chi connectivity index (χ4n) is 2.31. The number of nitrogens with zero attached hydrogens (tertiary/aromatic N) is 3. The summed E-state index contributed by atoms with van der Waals surface area (Å²) in [5.41, 5.74) is 0. The molecule has 1 heterocycles. The maximum atomic E-state index is 11.6. The maximum Gasteiger partial charge on any atom is 0.238 e. The number of rotatable bonds is 2. The number of hydrogen-bond acceptors (Lipinski definition) is 2. The van der Waals surface area contributed by atoms with Crippen molar-refractivity contribution in [3.8, 4) is 0 Å². The van der Waals surface area contributed by atoms with Crippen molar-refractivity contribution in [2.24, 2.45) is 0 Å². The van der Waals surface area contributed by atoms with Crippen LogP contribution in [0.25, 0.3) is 0 Å². The molecule has 0 aliphatic heterocycles.